The zero-order valence-electron chi connectivity index (χ0n) is 12.0. The Morgan fingerprint density at radius 2 is 2.15 bits per heavy atom. The van der Waals surface area contributed by atoms with Gasteiger partial charge >= 0.3 is 0 Å². The van der Waals surface area contributed by atoms with Crippen molar-refractivity contribution in [1.29, 1.82) is 0 Å². The minimum absolute atomic E-state index is 0.153. The summed E-state index contributed by atoms with van der Waals surface area (Å²) in [5.74, 6) is -0.153. The number of rotatable bonds is 6. The number of aromatic nitrogens is 1. The van der Waals surface area contributed by atoms with Gasteiger partial charge < -0.3 is 15.4 Å². The highest BCUT2D eigenvalue weighted by molar-refractivity contribution is 5.92. The van der Waals surface area contributed by atoms with Crippen LogP contribution in [0.4, 0.5) is 5.69 Å². The molecule has 0 saturated heterocycles. The summed E-state index contributed by atoms with van der Waals surface area (Å²) in [5.41, 5.74) is 1.32. The van der Waals surface area contributed by atoms with Gasteiger partial charge in [0.2, 0.25) is 0 Å². The van der Waals surface area contributed by atoms with Gasteiger partial charge in [-0.2, -0.15) is 0 Å². The molecule has 2 rings (SSSR count). The Balaban J connectivity index is 1.66. The fourth-order valence-corrected chi connectivity index (χ4v) is 2.39. The third-order valence-corrected chi connectivity index (χ3v) is 3.58. The van der Waals surface area contributed by atoms with Gasteiger partial charge in [0, 0.05) is 13.6 Å². The van der Waals surface area contributed by atoms with E-state index in [0.29, 0.717) is 24.9 Å². The zero-order chi connectivity index (χ0) is 14.2. The van der Waals surface area contributed by atoms with E-state index in [-0.39, 0.29) is 5.91 Å². The predicted molar refractivity (Wildman–Crippen MR) is 78.9 cm³/mol. The van der Waals surface area contributed by atoms with Crippen molar-refractivity contribution < 1.29 is 9.53 Å². The van der Waals surface area contributed by atoms with Crippen LogP contribution in [0.5, 0.6) is 0 Å². The van der Waals surface area contributed by atoms with E-state index in [1.165, 1.54) is 19.3 Å². The molecule has 5 heteroatoms. The SMILES string of the molecule is CNc1ccc(C(=O)NCCOC2CCCCC2)nc1. The topological polar surface area (TPSA) is 63.2 Å². The fourth-order valence-electron chi connectivity index (χ4n) is 2.39. The molecule has 0 bridgehead atoms. The second kappa shape index (κ2) is 7.85. The first-order valence-corrected chi connectivity index (χ1v) is 7.33. The lowest BCUT2D eigenvalue weighted by Gasteiger charge is -2.21. The molecule has 0 radical (unpaired) electrons. The van der Waals surface area contributed by atoms with Gasteiger partial charge in [0.1, 0.15) is 5.69 Å². The molecule has 5 nitrogen and oxygen atoms in total. The van der Waals surface area contributed by atoms with Crippen LogP contribution in [-0.4, -0.2) is 37.2 Å². The minimum atomic E-state index is -0.153. The molecule has 1 aromatic rings. The fraction of sp³-hybridized carbons (Fsp3) is 0.600. The van der Waals surface area contributed by atoms with E-state index >= 15 is 0 Å². The van der Waals surface area contributed by atoms with Crippen molar-refractivity contribution in [1.82, 2.24) is 10.3 Å². The molecule has 110 valence electrons. The molecule has 1 amide bonds. The molecular formula is C15H23N3O2. The summed E-state index contributed by atoms with van der Waals surface area (Å²) < 4.78 is 5.76. The summed E-state index contributed by atoms with van der Waals surface area (Å²) in [7, 11) is 1.82. The van der Waals surface area contributed by atoms with Crippen molar-refractivity contribution in [3.05, 3.63) is 24.0 Å². The van der Waals surface area contributed by atoms with Gasteiger partial charge in [-0.3, -0.25) is 4.79 Å². The van der Waals surface area contributed by atoms with Gasteiger partial charge in [0.05, 0.1) is 24.6 Å². The maximum atomic E-state index is 11.8. The Morgan fingerprint density at radius 1 is 1.35 bits per heavy atom. The molecule has 0 spiro atoms. The number of ether oxygens (including phenoxy) is 1. The summed E-state index contributed by atoms with van der Waals surface area (Å²) in [5, 5.41) is 5.80. The Kier molecular flexibility index (Phi) is 5.80. The van der Waals surface area contributed by atoms with Crippen molar-refractivity contribution in [2.24, 2.45) is 0 Å². The zero-order valence-corrected chi connectivity index (χ0v) is 12.0. The average Bonchev–Trinajstić information content (AvgIpc) is 2.52. The Morgan fingerprint density at radius 3 is 2.80 bits per heavy atom. The smallest absolute Gasteiger partial charge is 0.269 e. The first-order valence-electron chi connectivity index (χ1n) is 7.33. The maximum Gasteiger partial charge on any atom is 0.269 e. The third kappa shape index (κ3) is 4.49. The maximum absolute atomic E-state index is 11.8. The van der Waals surface area contributed by atoms with Crippen LogP contribution in [0.2, 0.25) is 0 Å². The van der Waals surface area contributed by atoms with E-state index in [4.69, 9.17) is 4.74 Å². The number of carbonyl (C=O) groups excluding carboxylic acids is 1. The van der Waals surface area contributed by atoms with Crippen molar-refractivity contribution in [3.63, 3.8) is 0 Å². The van der Waals surface area contributed by atoms with Gasteiger partial charge in [0.15, 0.2) is 0 Å². The summed E-state index contributed by atoms with van der Waals surface area (Å²) in [6.07, 6.45) is 8.19. The average molecular weight is 277 g/mol. The van der Waals surface area contributed by atoms with E-state index < -0.39 is 0 Å². The van der Waals surface area contributed by atoms with Gasteiger partial charge in [-0.1, -0.05) is 19.3 Å². The molecule has 0 aromatic carbocycles. The third-order valence-electron chi connectivity index (χ3n) is 3.58. The predicted octanol–water partition coefficient (Wildman–Crippen LogP) is 2.20. The lowest BCUT2D eigenvalue weighted by Crippen LogP contribution is -2.29. The minimum Gasteiger partial charge on any atom is -0.387 e. The van der Waals surface area contributed by atoms with Crippen LogP contribution in [0, 0.1) is 0 Å². The van der Waals surface area contributed by atoms with Gasteiger partial charge in [-0.05, 0) is 25.0 Å². The second-order valence-electron chi connectivity index (χ2n) is 5.07. The molecule has 1 aliphatic rings. The number of nitrogens with zero attached hydrogens (tertiary/aromatic N) is 1. The van der Waals surface area contributed by atoms with Crippen LogP contribution in [0.1, 0.15) is 42.6 Å². The highest BCUT2D eigenvalue weighted by Crippen LogP contribution is 2.19. The molecule has 20 heavy (non-hydrogen) atoms. The van der Waals surface area contributed by atoms with E-state index in [0.717, 1.165) is 18.5 Å². The number of amides is 1. The summed E-state index contributed by atoms with van der Waals surface area (Å²) >= 11 is 0. The number of hydrogen-bond acceptors (Lipinski definition) is 4. The number of carbonyl (C=O) groups is 1. The number of hydrogen-bond donors (Lipinski definition) is 2. The normalized spacial score (nSPS) is 15.8. The molecule has 0 unspecified atom stereocenters. The Labute approximate surface area is 120 Å². The molecule has 1 heterocycles. The quantitative estimate of drug-likeness (QED) is 0.783. The number of pyridine rings is 1. The van der Waals surface area contributed by atoms with Crippen molar-refractivity contribution in [3.8, 4) is 0 Å². The van der Waals surface area contributed by atoms with Crippen LogP contribution in [0.3, 0.4) is 0 Å². The summed E-state index contributed by atoms with van der Waals surface area (Å²) in [4.78, 5) is 15.9. The van der Waals surface area contributed by atoms with E-state index in [9.17, 15) is 4.79 Å². The highest BCUT2D eigenvalue weighted by atomic mass is 16.5. The molecule has 0 atom stereocenters. The first-order chi connectivity index (χ1) is 9.79. The lowest BCUT2D eigenvalue weighted by atomic mass is 9.98. The van der Waals surface area contributed by atoms with Crippen molar-refractivity contribution in [2.75, 3.05) is 25.5 Å². The first kappa shape index (κ1) is 14.8. The van der Waals surface area contributed by atoms with Crippen molar-refractivity contribution >= 4 is 11.6 Å². The van der Waals surface area contributed by atoms with E-state index in [1.54, 1.807) is 12.3 Å². The summed E-state index contributed by atoms with van der Waals surface area (Å²) in [6, 6.07) is 3.55. The monoisotopic (exact) mass is 277 g/mol. The van der Waals surface area contributed by atoms with Crippen LogP contribution < -0.4 is 10.6 Å². The molecular weight excluding hydrogens is 254 g/mol. The Hall–Kier alpha value is -1.62. The Bertz CT molecular complexity index is 414. The van der Waals surface area contributed by atoms with Crippen molar-refractivity contribution in [2.45, 2.75) is 38.2 Å². The largest absolute Gasteiger partial charge is 0.387 e. The molecule has 1 aliphatic carbocycles. The van der Waals surface area contributed by atoms with Gasteiger partial charge in [-0.15, -0.1) is 0 Å². The van der Waals surface area contributed by atoms with E-state index in [1.807, 2.05) is 13.1 Å². The van der Waals surface area contributed by atoms with Gasteiger partial charge in [-0.25, -0.2) is 4.98 Å². The van der Waals surface area contributed by atoms with Crippen LogP contribution in [-0.2, 0) is 4.74 Å². The molecule has 0 aliphatic heterocycles. The van der Waals surface area contributed by atoms with Crippen LogP contribution in [0.15, 0.2) is 18.3 Å². The van der Waals surface area contributed by atoms with E-state index in [2.05, 4.69) is 15.6 Å². The second-order valence-corrected chi connectivity index (χ2v) is 5.07. The summed E-state index contributed by atoms with van der Waals surface area (Å²) in [6.45, 7) is 1.11. The van der Waals surface area contributed by atoms with Crippen LogP contribution >= 0.6 is 0 Å². The molecule has 1 aromatic heterocycles. The highest BCUT2D eigenvalue weighted by Gasteiger charge is 2.13. The van der Waals surface area contributed by atoms with Crippen LogP contribution in [0.25, 0.3) is 0 Å². The van der Waals surface area contributed by atoms with Gasteiger partial charge in [0.25, 0.3) is 5.91 Å². The standard InChI is InChI=1S/C15H23N3O2/c1-16-12-7-8-14(18-11-12)15(19)17-9-10-20-13-5-3-2-4-6-13/h7-8,11,13,16H,2-6,9-10H2,1H3,(H,17,19). The number of anilines is 1. The molecule has 1 saturated carbocycles. The number of nitrogens with one attached hydrogen (secondary N) is 2. The molecule has 2 N–H and O–H groups in total. The molecule has 1 fully saturated rings. The lowest BCUT2D eigenvalue weighted by molar-refractivity contribution is 0.0299.